The van der Waals surface area contributed by atoms with Gasteiger partial charge in [-0.05, 0) is 36.0 Å². The summed E-state index contributed by atoms with van der Waals surface area (Å²) in [4.78, 5) is 11.0. The van der Waals surface area contributed by atoms with Crippen molar-refractivity contribution in [3.63, 3.8) is 0 Å². The largest absolute Gasteiger partial charge is 0.496 e. The molecule has 4 nitrogen and oxygen atoms in total. The van der Waals surface area contributed by atoms with Crippen LogP contribution in [-0.2, 0) is 4.79 Å². The van der Waals surface area contributed by atoms with E-state index in [1.54, 1.807) is 13.2 Å². The summed E-state index contributed by atoms with van der Waals surface area (Å²) in [5.41, 5.74) is 7.37. The first-order valence-corrected chi connectivity index (χ1v) is 5.78. The highest BCUT2D eigenvalue weighted by Crippen LogP contribution is 2.44. The molecule has 1 aliphatic rings. The molecule has 1 aliphatic carbocycles. The van der Waals surface area contributed by atoms with Gasteiger partial charge in [-0.25, -0.2) is 0 Å². The van der Waals surface area contributed by atoms with Gasteiger partial charge < -0.3 is 15.6 Å². The summed E-state index contributed by atoms with van der Waals surface area (Å²) in [5.74, 6) is -0.185. The van der Waals surface area contributed by atoms with Gasteiger partial charge in [0.15, 0.2) is 0 Å². The lowest BCUT2D eigenvalue weighted by Gasteiger charge is -2.14. The van der Waals surface area contributed by atoms with E-state index in [4.69, 9.17) is 15.6 Å². The molecule has 0 spiro atoms. The summed E-state index contributed by atoms with van der Waals surface area (Å²) < 4.78 is 5.33. The molecule has 0 saturated heterocycles. The number of hydrogen-bond acceptors (Lipinski definition) is 3. The van der Waals surface area contributed by atoms with Crippen molar-refractivity contribution in [1.82, 2.24) is 0 Å². The van der Waals surface area contributed by atoms with Gasteiger partial charge in [-0.3, -0.25) is 4.79 Å². The van der Waals surface area contributed by atoms with Crippen LogP contribution in [0, 0.1) is 0 Å². The Bertz CT molecular complexity index is 427. The Morgan fingerprint density at radius 1 is 1.59 bits per heavy atom. The van der Waals surface area contributed by atoms with Crippen LogP contribution in [0.5, 0.6) is 5.75 Å². The molecule has 2 rings (SSSR count). The fourth-order valence-corrected chi connectivity index (χ4v) is 2.06. The maximum Gasteiger partial charge on any atom is 0.312 e. The molecule has 0 amide bonds. The Morgan fingerprint density at radius 2 is 2.29 bits per heavy atom. The van der Waals surface area contributed by atoms with E-state index in [0.29, 0.717) is 11.5 Å². The average Bonchev–Trinajstić information content (AvgIpc) is 3.13. The van der Waals surface area contributed by atoms with E-state index in [0.717, 1.165) is 5.75 Å². The van der Waals surface area contributed by atoms with Crippen LogP contribution in [-0.4, -0.2) is 24.7 Å². The third-order valence-electron chi connectivity index (χ3n) is 3.21. The highest BCUT2D eigenvalue weighted by Gasteiger charge is 2.28. The van der Waals surface area contributed by atoms with Crippen molar-refractivity contribution in [3.8, 4) is 5.75 Å². The van der Waals surface area contributed by atoms with E-state index in [9.17, 15) is 4.79 Å². The van der Waals surface area contributed by atoms with Crippen molar-refractivity contribution in [2.75, 3.05) is 13.7 Å². The van der Waals surface area contributed by atoms with Crippen LogP contribution in [0.1, 0.15) is 35.8 Å². The van der Waals surface area contributed by atoms with Crippen molar-refractivity contribution in [1.29, 1.82) is 0 Å². The molecular weight excluding hydrogens is 218 g/mol. The fourth-order valence-electron chi connectivity index (χ4n) is 2.06. The molecule has 1 saturated carbocycles. The van der Waals surface area contributed by atoms with Crippen LogP contribution in [0.2, 0.25) is 0 Å². The number of rotatable bonds is 5. The van der Waals surface area contributed by atoms with E-state index in [2.05, 4.69) is 0 Å². The van der Waals surface area contributed by atoms with Gasteiger partial charge in [-0.1, -0.05) is 12.1 Å². The minimum absolute atomic E-state index is 0.0985. The topological polar surface area (TPSA) is 72.5 Å². The minimum atomic E-state index is -0.895. The molecule has 0 bridgehead atoms. The molecule has 0 aliphatic heterocycles. The summed E-state index contributed by atoms with van der Waals surface area (Å²) in [6.07, 6.45) is 2.38. The molecule has 4 heteroatoms. The summed E-state index contributed by atoms with van der Waals surface area (Å²) >= 11 is 0. The number of nitrogens with two attached hydrogens (primary N) is 1. The van der Waals surface area contributed by atoms with Crippen molar-refractivity contribution >= 4 is 5.97 Å². The normalized spacial score (nSPS) is 16.6. The second-order valence-corrected chi connectivity index (χ2v) is 4.40. The highest BCUT2D eigenvalue weighted by molar-refractivity contribution is 5.76. The summed E-state index contributed by atoms with van der Waals surface area (Å²) in [6, 6.07) is 5.62. The first-order chi connectivity index (χ1) is 8.17. The molecule has 0 heterocycles. The lowest BCUT2D eigenvalue weighted by atomic mass is 9.96. The molecule has 1 aromatic rings. The Balaban J connectivity index is 2.32. The van der Waals surface area contributed by atoms with Gasteiger partial charge in [0.2, 0.25) is 0 Å². The molecule has 1 atom stereocenters. The summed E-state index contributed by atoms with van der Waals surface area (Å²) in [7, 11) is 1.61. The number of benzene rings is 1. The number of methoxy groups -OCH3 is 1. The van der Waals surface area contributed by atoms with Crippen LogP contribution in [0.15, 0.2) is 18.2 Å². The number of ether oxygens (including phenoxy) is 1. The van der Waals surface area contributed by atoms with Crippen molar-refractivity contribution in [2.45, 2.75) is 24.7 Å². The lowest BCUT2D eigenvalue weighted by molar-refractivity contribution is -0.138. The molecule has 1 aromatic carbocycles. The predicted molar refractivity (Wildman–Crippen MR) is 64.4 cm³/mol. The van der Waals surface area contributed by atoms with Gasteiger partial charge in [0.05, 0.1) is 13.0 Å². The van der Waals surface area contributed by atoms with E-state index >= 15 is 0 Å². The van der Waals surface area contributed by atoms with Crippen LogP contribution < -0.4 is 10.5 Å². The molecule has 0 aromatic heterocycles. The zero-order valence-corrected chi connectivity index (χ0v) is 9.85. The zero-order valence-electron chi connectivity index (χ0n) is 9.85. The maximum atomic E-state index is 11.0. The van der Waals surface area contributed by atoms with E-state index in [1.807, 2.05) is 12.1 Å². The monoisotopic (exact) mass is 235 g/mol. The van der Waals surface area contributed by atoms with Crippen molar-refractivity contribution in [2.24, 2.45) is 5.73 Å². The first-order valence-electron chi connectivity index (χ1n) is 5.78. The maximum absolute atomic E-state index is 11.0. The molecule has 1 unspecified atom stereocenters. The SMILES string of the molecule is COc1cc(C(CN)C(=O)O)ccc1C1CC1. The summed E-state index contributed by atoms with van der Waals surface area (Å²) in [5, 5.41) is 9.06. The number of carbonyl (C=O) groups is 1. The van der Waals surface area contributed by atoms with Crippen molar-refractivity contribution in [3.05, 3.63) is 29.3 Å². The number of carboxylic acid groups (broad SMARTS) is 1. The Hall–Kier alpha value is -1.55. The lowest BCUT2D eigenvalue weighted by Crippen LogP contribution is -2.21. The van der Waals surface area contributed by atoms with Crippen molar-refractivity contribution < 1.29 is 14.6 Å². The molecule has 3 N–H and O–H groups in total. The van der Waals surface area contributed by atoms with Gasteiger partial charge >= 0.3 is 5.97 Å². The zero-order chi connectivity index (χ0) is 12.4. The summed E-state index contributed by atoms with van der Waals surface area (Å²) in [6.45, 7) is 0.0985. The molecule has 0 radical (unpaired) electrons. The highest BCUT2D eigenvalue weighted by atomic mass is 16.5. The molecule has 1 fully saturated rings. The quantitative estimate of drug-likeness (QED) is 0.814. The van der Waals surface area contributed by atoms with Gasteiger partial charge in [0.25, 0.3) is 0 Å². The minimum Gasteiger partial charge on any atom is -0.496 e. The Morgan fingerprint density at radius 3 is 2.76 bits per heavy atom. The van der Waals surface area contributed by atoms with Crippen LogP contribution >= 0.6 is 0 Å². The Kier molecular flexibility index (Phi) is 3.33. The standard InChI is InChI=1S/C13H17NO3/c1-17-12-6-9(11(7-14)13(15)16)4-5-10(12)8-2-3-8/h4-6,8,11H,2-3,7,14H2,1H3,(H,15,16). The molecule has 92 valence electrons. The number of carboxylic acids is 1. The second-order valence-electron chi connectivity index (χ2n) is 4.40. The number of hydrogen-bond donors (Lipinski definition) is 2. The van der Waals surface area contributed by atoms with Crippen LogP contribution in [0.3, 0.4) is 0 Å². The fraction of sp³-hybridized carbons (Fsp3) is 0.462. The second kappa shape index (κ2) is 4.75. The van der Waals surface area contributed by atoms with E-state index in [1.165, 1.54) is 18.4 Å². The van der Waals surface area contributed by atoms with Gasteiger partial charge in [-0.2, -0.15) is 0 Å². The first kappa shape index (κ1) is 11.9. The Labute approximate surface area is 100 Å². The van der Waals surface area contributed by atoms with Gasteiger partial charge in [0, 0.05) is 6.54 Å². The van der Waals surface area contributed by atoms with Gasteiger partial charge in [-0.15, -0.1) is 0 Å². The van der Waals surface area contributed by atoms with E-state index < -0.39 is 11.9 Å². The van der Waals surface area contributed by atoms with Gasteiger partial charge in [0.1, 0.15) is 5.75 Å². The predicted octanol–water partition coefficient (Wildman–Crippen LogP) is 1.70. The van der Waals surface area contributed by atoms with Crippen LogP contribution in [0.25, 0.3) is 0 Å². The van der Waals surface area contributed by atoms with Crippen LogP contribution in [0.4, 0.5) is 0 Å². The third kappa shape index (κ3) is 2.42. The average molecular weight is 235 g/mol. The molecular formula is C13H17NO3. The molecule has 17 heavy (non-hydrogen) atoms. The smallest absolute Gasteiger partial charge is 0.312 e. The van der Waals surface area contributed by atoms with E-state index in [-0.39, 0.29) is 6.54 Å². The number of aliphatic carboxylic acids is 1. The third-order valence-corrected chi connectivity index (χ3v) is 3.21.